The minimum absolute atomic E-state index is 0.0353. The Kier molecular flexibility index (Phi) is 58.2. The van der Waals surface area contributed by atoms with Crippen LogP contribution in [0, 0.1) is 0 Å². The Bertz CT molecular complexity index is 1670. The molecule has 0 aromatic rings. The molecule has 0 aliphatic heterocycles. The van der Waals surface area contributed by atoms with E-state index in [0.717, 1.165) is 96.3 Å². The maximum atomic E-state index is 12.8. The van der Waals surface area contributed by atoms with Crippen molar-refractivity contribution in [1.29, 1.82) is 0 Å². The SMILES string of the molecule is CC/C=C\C/C=C\C/C=C\C/C=C\C/C=C\C/C=C\C/C=C\C/C=C\CCCCCCCCCCC(=O)OC(COC(=O)CCCCCCCCCCCCCCCCCCCCCCCCC)COP(=O)([O-])OCC[N+](C)(C)C. The zero-order valence-corrected chi connectivity index (χ0v) is 53.4. The zero-order valence-electron chi connectivity index (χ0n) is 52.5. The fourth-order valence-electron chi connectivity index (χ4n) is 9.09. The number of phosphoric ester groups is 1. The average molecular weight is 1140 g/mol. The van der Waals surface area contributed by atoms with Gasteiger partial charge in [0.05, 0.1) is 27.7 Å². The molecule has 0 radical (unpaired) electrons. The summed E-state index contributed by atoms with van der Waals surface area (Å²) in [5.41, 5.74) is 0. The van der Waals surface area contributed by atoms with E-state index in [-0.39, 0.29) is 32.0 Å². The first-order valence-electron chi connectivity index (χ1n) is 32.9. The number of phosphoric acid groups is 1. The van der Waals surface area contributed by atoms with Crippen LogP contribution in [0.1, 0.15) is 284 Å². The summed E-state index contributed by atoms with van der Waals surface area (Å²) in [5, 5.41) is 0. The lowest BCUT2D eigenvalue weighted by atomic mass is 10.0. The van der Waals surface area contributed by atoms with Crippen LogP contribution in [0.3, 0.4) is 0 Å². The summed E-state index contributed by atoms with van der Waals surface area (Å²) in [5.74, 6) is -0.836. The van der Waals surface area contributed by atoms with Gasteiger partial charge in [0.2, 0.25) is 0 Å². The molecule has 0 N–H and O–H groups in total. The lowest BCUT2D eigenvalue weighted by Gasteiger charge is -2.28. The predicted octanol–water partition coefficient (Wildman–Crippen LogP) is 20.5. The van der Waals surface area contributed by atoms with Gasteiger partial charge in [-0.2, -0.15) is 0 Å². The number of rotatable bonds is 60. The van der Waals surface area contributed by atoms with Gasteiger partial charge in [-0.3, -0.25) is 14.2 Å². The lowest BCUT2D eigenvalue weighted by Crippen LogP contribution is -2.37. The third-order valence-corrected chi connectivity index (χ3v) is 15.1. The van der Waals surface area contributed by atoms with E-state index in [2.05, 4.69) is 111 Å². The summed E-state index contributed by atoms with van der Waals surface area (Å²) in [7, 11) is 1.16. The van der Waals surface area contributed by atoms with Crippen molar-refractivity contribution in [2.75, 3.05) is 47.5 Å². The maximum absolute atomic E-state index is 12.8. The van der Waals surface area contributed by atoms with Crippen molar-refractivity contribution in [3.8, 4) is 0 Å². The van der Waals surface area contributed by atoms with E-state index in [1.54, 1.807) is 0 Å². The Morgan fingerprint density at radius 3 is 1.06 bits per heavy atom. The first kappa shape index (κ1) is 76.9. The van der Waals surface area contributed by atoms with Crippen molar-refractivity contribution in [2.45, 2.75) is 290 Å². The first-order valence-corrected chi connectivity index (χ1v) is 34.4. The third-order valence-electron chi connectivity index (χ3n) is 14.1. The van der Waals surface area contributed by atoms with Crippen LogP contribution < -0.4 is 4.89 Å². The van der Waals surface area contributed by atoms with Crippen LogP contribution in [0.15, 0.2) is 97.2 Å². The minimum Gasteiger partial charge on any atom is -0.756 e. The van der Waals surface area contributed by atoms with E-state index in [1.807, 2.05) is 21.1 Å². The number of carbonyl (C=O) groups is 2. The summed E-state index contributed by atoms with van der Waals surface area (Å²) in [4.78, 5) is 38.0. The van der Waals surface area contributed by atoms with Gasteiger partial charge in [-0.05, 0) is 77.0 Å². The molecule has 80 heavy (non-hydrogen) atoms. The second kappa shape index (κ2) is 60.5. The van der Waals surface area contributed by atoms with Crippen LogP contribution in [0.2, 0.25) is 0 Å². The molecule has 0 aromatic carbocycles. The molecule has 0 amide bonds. The molecule has 462 valence electrons. The molecule has 2 atom stereocenters. The molecule has 0 fully saturated rings. The van der Waals surface area contributed by atoms with E-state index < -0.39 is 26.5 Å². The molecule has 0 heterocycles. The van der Waals surface area contributed by atoms with Gasteiger partial charge in [0, 0.05) is 12.8 Å². The number of hydrogen-bond donors (Lipinski definition) is 0. The van der Waals surface area contributed by atoms with Crippen LogP contribution in [0.25, 0.3) is 0 Å². The normalized spacial score (nSPS) is 13.8. The average Bonchev–Trinajstić information content (AvgIpc) is 3.42. The van der Waals surface area contributed by atoms with E-state index in [0.29, 0.717) is 17.4 Å². The number of unbranched alkanes of at least 4 members (excludes halogenated alkanes) is 30. The number of allylic oxidation sites excluding steroid dienone is 16. The van der Waals surface area contributed by atoms with Crippen molar-refractivity contribution in [1.82, 2.24) is 0 Å². The molecular weight excluding hydrogens is 1010 g/mol. The number of esters is 2. The van der Waals surface area contributed by atoms with E-state index in [9.17, 15) is 19.0 Å². The Hall–Kier alpha value is -3.07. The number of hydrogen-bond acceptors (Lipinski definition) is 8. The van der Waals surface area contributed by atoms with Crippen LogP contribution in [0.4, 0.5) is 0 Å². The number of carbonyl (C=O) groups excluding carboxylic acids is 2. The third kappa shape index (κ3) is 64.1. The maximum Gasteiger partial charge on any atom is 0.306 e. The van der Waals surface area contributed by atoms with Crippen molar-refractivity contribution in [3.63, 3.8) is 0 Å². The standard InChI is InChI=1S/C70H124NO8P/c1-6-8-10-12-14-16-18-20-22-24-26-28-30-31-32-33-34-35-36-37-38-39-41-43-45-47-49-51-53-55-57-59-61-63-70(73)79-68(67-78-80(74,75)77-65-64-71(3,4)5)66-76-69(72)62-60-58-56-54-52-50-48-46-44-42-40-29-27-25-23-21-19-17-15-13-11-9-7-2/h8,10,14,16,20,22,26,28,31-32,34-35,37-38,41,43,68H,6-7,9,11-13,15,17-19,21,23-25,27,29-30,33,36,39-40,42,44-67H2,1-5H3/b10-8-,16-14-,22-20-,28-26-,32-31-,35-34-,38-37-,43-41-. The first-order chi connectivity index (χ1) is 39.0. The monoisotopic (exact) mass is 1140 g/mol. The highest BCUT2D eigenvalue weighted by Gasteiger charge is 2.22. The highest BCUT2D eigenvalue weighted by Crippen LogP contribution is 2.38. The summed E-state index contributed by atoms with van der Waals surface area (Å²) in [6.45, 7) is 4.15. The van der Waals surface area contributed by atoms with Gasteiger partial charge in [0.25, 0.3) is 7.82 Å². The van der Waals surface area contributed by atoms with E-state index >= 15 is 0 Å². The van der Waals surface area contributed by atoms with Gasteiger partial charge in [-0.25, -0.2) is 0 Å². The number of likely N-dealkylation sites (N-methyl/N-ethyl adjacent to an activating group) is 1. The fourth-order valence-corrected chi connectivity index (χ4v) is 9.81. The van der Waals surface area contributed by atoms with Gasteiger partial charge in [0.1, 0.15) is 19.8 Å². The van der Waals surface area contributed by atoms with Crippen LogP contribution in [-0.4, -0.2) is 70.0 Å². The van der Waals surface area contributed by atoms with Gasteiger partial charge < -0.3 is 27.9 Å². The Morgan fingerprint density at radius 1 is 0.400 bits per heavy atom. The molecule has 0 saturated carbocycles. The molecule has 0 saturated heterocycles. The summed E-state index contributed by atoms with van der Waals surface area (Å²) in [6.07, 6.45) is 83.2. The minimum atomic E-state index is -4.65. The molecule has 0 bridgehead atoms. The van der Waals surface area contributed by atoms with Crippen molar-refractivity contribution >= 4 is 19.8 Å². The Morgan fingerprint density at radius 2 is 0.713 bits per heavy atom. The fraction of sp³-hybridized carbons (Fsp3) is 0.743. The molecule has 0 spiro atoms. The largest absolute Gasteiger partial charge is 0.756 e. The molecule has 2 unspecified atom stereocenters. The molecular formula is C70H124NO8P. The number of quaternary nitrogens is 1. The van der Waals surface area contributed by atoms with Gasteiger partial charge in [0.15, 0.2) is 6.10 Å². The zero-order chi connectivity index (χ0) is 58.4. The summed E-state index contributed by atoms with van der Waals surface area (Å²) >= 11 is 0. The molecule has 0 aromatic heterocycles. The smallest absolute Gasteiger partial charge is 0.306 e. The highest BCUT2D eigenvalue weighted by atomic mass is 31.2. The summed E-state index contributed by atoms with van der Waals surface area (Å²) < 4.78 is 34.3. The molecule has 9 nitrogen and oxygen atoms in total. The lowest BCUT2D eigenvalue weighted by molar-refractivity contribution is -0.870. The molecule has 0 aliphatic rings. The second-order valence-electron chi connectivity index (χ2n) is 23.1. The topological polar surface area (TPSA) is 111 Å². The van der Waals surface area contributed by atoms with Gasteiger partial charge >= 0.3 is 11.9 Å². The van der Waals surface area contributed by atoms with Crippen molar-refractivity contribution < 1.29 is 42.1 Å². The second-order valence-corrected chi connectivity index (χ2v) is 24.5. The Balaban J connectivity index is 4.13. The number of nitrogens with zero attached hydrogens (tertiary/aromatic N) is 1. The van der Waals surface area contributed by atoms with Crippen LogP contribution in [-0.2, 0) is 32.7 Å². The molecule has 0 aliphatic carbocycles. The van der Waals surface area contributed by atoms with Gasteiger partial charge in [-0.15, -0.1) is 0 Å². The molecule has 10 heteroatoms. The Labute approximate surface area is 493 Å². The summed E-state index contributed by atoms with van der Waals surface area (Å²) in [6, 6.07) is 0. The predicted molar refractivity (Wildman–Crippen MR) is 342 cm³/mol. The van der Waals surface area contributed by atoms with Crippen molar-refractivity contribution in [2.24, 2.45) is 0 Å². The molecule has 0 rings (SSSR count). The highest BCUT2D eigenvalue weighted by molar-refractivity contribution is 7.45. The van der Waals surface area contributed by atoms with Crippen molar-refractivity contribution in [3.05, 3.63) is 97.2 Å². The van der Waals surface area contributed by atoms with E-state index in [4.69, 9.17) is 18.5 Å². The van der Waals surface area contributed by atoms with Crippen LogP contribution >= 0.6 is 7.82 Å². The van der Waals surface area contributed by atoms with Gasteiger partial charge in [-0.1, -0.05) is 291 Å². The number of ether oxygens (including phenoxy) is 2. The quantitative estimate of drug-likeness (QED) is 0.0195. The van der Waals surface area contributed by atoms with E-state index in [1.165, 1.54) is 154 Å². The van der Waals surface area contributed by atoms with Crippen LogP contribution in [0.5, 0.6) is 0 Å².